The first-order valence-electron chi connectivity index (χ1n) is 7.90. The molecule has 7 heteroatoms. The fourth-order valence-corrected chi connectivity index (χ4v) is 2.59. The minimum Gasteiger partial charge on any atom is -0.486 e. The van der Waals surface area contributed by atoms with E-state index in [9.17, 15) is 4.79 Å². The van der Waals surface area contributed by atoms with E-state index in [-0.39, 0.29) is 5.97 Å². The highest BCUT2D eigenvalue weighted by molar-refractivity contribution is 7.80. The van der Waals surface area contributed by atoms with Crippen molar-refractivity contribution in [2.24, 2.45) is 0 Å². The third-order valence-electron chi connectivity index (χ3n) is 3.43. The predicted octanol–water partition coefficient (Wildman–Crippen LogP) is 3.44. The van der Waals surface area contributed by atoms with E-state index in [1.807, 2.05) is 24.3 Å². The van der Waals surface area contributed by atoms with Gasteiger partial charge in [0.1, 0.15) is 13.2 Å². The van der Waals surface area contributed by atoms with Crippen LogP contribution in [0.15, 0.2) is 42.5 Å². The van der Waals surface area contributed by atoms with E-state index in [1.165, 1.54) is 0 Å². The van der Waals surface area contributed by atoms with Crippen molar-refractivity contribution in [1.82, 2.24) is 0 Å². The van der Waals surface area contributed by atoms with E-state index in [2.05, 4.69) is 10.6 Å². The lowest BCUT2D eigenvalue weighted by atomic mass is 10.2. The second-order valence-corrected chi connectivity index (χ2v) is 5.65. The topological polar surface area (TPSA) is 68.8 Å². The second kappa shape index (κ2) is 7.85. The minimum absolute atomic E-state index is 0.334. The number of hydrogen-bond acceptors (Lipinski definition) is 5. The van der Waals surface area contributed by atoms with Crippen molar-refractivity contribution < 1.29 is 19.0 Å². The molecule has 0 saturated carbocycles. The van der Waals surface area contributed by atoms with Gasteiger partial charge in [-0.25, -0.2) is 4.79 Å². The van der Waals surface area contributed by atoms with Crippen molar-refractivity contribution in [2.45, 2.75) is 6.92 Å². The Kier molecular flexibility index (Phi) is 5.35. The molecule has 0 saturated heterocycles. The van der Waals surface area contributed by atoms with Crippen LogP contribution in [0.4, 0.5) is 11.4 Å². The van der Waals surface area contributed by atoms with E-state index in [4.69, 9.17) is 26.4 Å². The van der Waals surface area contributed by atoms with Gasteiger partial charge >= 0.3 is 5.97 Å². The number of ether oxygens (including phenoxy) is 3. The van der Waals surface area contributed by atoms with E-state index >= 15 is 0 Å². The Hall–Kier alpha value is -2.80. The molecule has 0 atom stereocenters. The van der Waals surface area contributed by atoms with Crippen LogP contribution in [0.25, 0.3) is 0 Å². The number of anilines is 2. The van der Waals surface area contributed by atoms with Gasteiger partial charge in [0, 0.05) is 17.4 Å². The van der Waals surface area contributed by atoms with Crippen LogP contribution in [-0.4, -0.2) is 30.9 Å². The summed E-state index contributed by atoms with van der Waals surface area (Å²) in [6, 6.07) is 12.5. The smallest absolute Gasteiger partial charge is 0.338 e. The van der Waals surface area contributed by atoms with Crippen LogP contribution in [0.2, 0.25) is 0 Å². The van der Waals surface area contributed by atoms with Crippen LogP contribution in [0, 0.1) is 0 Å². The summed E-state index contributed by atoms with van der Waals surface area (Å²) in [5.41, 5.74) is 1.94. The molecule has 2 aromatic rings. The number of esters is 1. The zero-order chi connectivity index (χ0) is 17.6. The fraction of sp³-hybridized carbons (Fsp3) is 0.222. The number of rotatable bonds is 4. The molecule has 0 amide bonds. The molecule has 0 aromatic heterocycles. The Morgan fingerprint density at radius 2 is 1.80 bits per heavy atom. The highest BCUT2D eigenvalue weighted by Crippen LogP contribution is 2.32. The Balaban J connectivity index is 1.64. The average molecular weight is 358 g/mol. The zero-order valence-corrected chi connectivity index (χ0v) is 14.5. The Morgan fingerprint density at radius 3 is 2.56 bits per heavy atom. The van der Waals surface area contributed by atoms with Gasteiger partial charge in [0.15, 0.2) is 16.6 Å². The summed E-state index contributed by atoms with van der Waals surface area (Å²) >= 11 is 5.32. The molecule has 0 unspecified atom stereocenters. The SMILES string of the molecule is CCOC(=O)c1cccc(NC(=S)Nc2ccc3c(c2)OCCO3)c1. The number of fused-ring (bicyclic) bond motifs is 1. The normalized spacial score (nSPS) is 12.2. The Labute approximate surface area is 151 Å². The standard InChI is InChI=1S/C18H18N2O4S/c1-2-22-17(21)12-4-3-5-13(10-12)19-18(25)20-14-6-7-15-16(11-14)24-9-8-23-15/h3-7,10-11H,2,8-9H2,1H3,(H2,19,20,25). The summed E-state index contributed by atoms with van der Waals surface area (Å²) in [6.45, 7) is 3.18. The molecule has 1 aliphatic heterocycles. The molecule has 2 N–H and O–H groups in total. The first-order valence-corrected chi connectivity index (χ1v) is 8.31. The highest BCUT2D eigenvalue weighted by atomic mass is 32.1. The van der Waals surface area contributed by atoms with Gasteiger partial charge in [-0.15, -0.1) is 0 Å². The maximum absolute atomic E-state index is 11.8. The van der Waals surface area contributed by atoms with E-state index in [0.29, 0.717) is 41.9 Å². The Bertz CT molecular complexity index is 794. The molecule has 6 nitrogen and oxygen atoms in total. The summed E-state index contributed by atoms with van der Waals surface area (Å²) in [5, 5.41) is 6.53. The third kappa shape index (κ3) is 4.39. The van der Waals surface area contributed by atoms with E-state index < -0.39 is 0 Å². The van der Waals surface area contributed by atoms with Crippen LogP contribution in [0.3, 0.4) is 0 Å². The molecule has 0 radical (unpaired) electrons. The van der Waals surface area contributed by atoms with Crippen molar-refractivity contribution in [1.29, 1.82) is 0 Å². The molecule has 2 aromatic carbocycles. The molecule has 0 spiro atoms. The molecule has 3 rings (SSSR count). The number of carbonyl (C=O) groups excluding carboxylic acids is 1. The van der Waals surface area contributed by atoms with Gasteiger partial charge in [-0.2, -0.15) is 0 Å². The lowest BCUT2D eigenvalue weighted by Gasteiger charge is -2.19. The number of carbonyl (C=O) groups is 1. The second-order valence-electron chi connectivity index (χ2n) is 5.24. The highest BCUT2D eigenvalue weighted by Gasteiger charge is 2.12. The van der Waals surface area contributed by atoms with E-state index in [1.54, 1.807) is 25.1 Å². The summed E-state index contributed by atoms with van der Waals surface area (Å²) in [4.78, 5) is 11.8. The third-order valence-corrected chi connectivity index (χ3v) is 3.64. The van der Waals surface area contributed by atoms with Crippen LogP contribution < -0.4 is 20.1 Å². The maximum Gasteiger partial charge on any atom is 0.338 e. The van der Waals surface area contributed by atoms with Crippen LogP contribution in [0.5, 0.6) is 11.5 Å². The minimum atomic E-state index is -0.364. The number of nitrogens with one attached hydrogen (secondary N) is 2. The molecule has 1 aliphatic rings. The van der Waals surface area contributed by atoms with Gasteiger partial charge in [-0.3, -0.25) is 0 Å². The predicted molar refractivity (Wildman–Crippen MR) is 99.7 cm³/mol. The van der Waals surface area contributed by atoms with Crippen molar-refractivity contribution >= 4 is 34.7 Å². The van der Waals surface area contributed by atoms with Gasteiger partial charge in [0.05, 0.1) is 12.2 Å². The first-order chi connectivity index (χ1) is 12.2. The largest absolute Gasteiger partial charge is 0.486 e. The molecule has 130 valence electrons. The van der Waals surface area contributed by atoms with Gasteiger partial charge in [-0.1, -0.05) is 6.07 Å². The molecule has 1 heterocycles. The fourth-order valence-electron chi connectivity index (χ4n) is 2.35. The van der Waals surface area contributed by atoms with Gasteiger partial charge in [-0.05, 0) is 49.5 Å². The quantitative estimate of drug-likeness (QED) is 0.641. The molecular formula is C18H18N2O4S. The summed E-state index contributed by atoms with van der Waals surface area (Å²) < 4.78 is 16.0. The molecule has 25 heavy (non-hydrogen) atoms. The number of thiocarbonyl (C=S) groups is 1. The van der Waals surface area contributed by atoms with Crippen molar-refractivity contribution in [3.63, 3.8) is 0 Å². The van der Waals surface area contributed by atoms with Gasteiger partial charge in [0.25, 0.3) is 0 Å². The molecule has 0 aliphatic carbocycles. The van der Waals surface area contributed by atoms with Crippen molar-refractivity contribution in [3.8, 4) is 11.5 Å². The van der Waals surface area contributed by atoms with Crippen molar-refractivity contribution in [3.05, 3.63) is 48.0 Å². The maximum atomic E-state index is 11.8. The van der Waals surface area contributed by atoms with Crippen LogP contribution >= 0.6 is 12.2 Å². The van der Waals surface area contributed by atoms with Gasteiger partial charge < -0.3 is 24.8 Å². The summed E-state index contributed by atoms with van der Waals surface area (Å²) in [7, 11) is 0. The monoisotopic (exact) mass is 358 g/mol. The lowest BCUT2D eigenvalue weighted by molar-refractivity contribution is 0.0526. The van der Waals surface area contributed by atoms with Crippen LogP contribution in [0.1, 0.15) is 17.3 Å². The summed E-state index contributed by atoms with van der Waals surface area (Å²) in [6.07, 6.45) is 0. The zero-order valence-electron chi connectivity index (χ0n) is 13.7. The van der Waals surface area contributed by atoms with Crippen LogP contribution in [-0.2, 0) is 4.74 Å². The molecular weight excluding hydrogens is 340 g/mol. The van der Waals surface area contributed by atoms with E-state index in [0.717, 1.165) is 11.4 Å². The lowest BCUT2D eigenvalue weighted by Crippen LogP contribution is -2.20. The number of hydrogen-bond donors (Lipinski definition) is 2. The number of benzene rings is 2. The first kappa shape index (κ1) is 17.0. The van der Waals surface area contributed by atoms with Gasteiger partial charge in [0.2, 0.25) is 0 Å². The molecule has 0 fully saturated rings. The Morgan fingerprint density at radius 1 is 1.08 bits per heavy atom. The summed E-state index contributed by atoms with van der Waals surface area (Å²) in [5.74, 6) is 1.04. The molecule has 0 bridgehead atoms. The average Bonchev–Trinajstić information content (AvgIpc) is 2.62. The van der Waals surface area contributed by atoms with Crippen molar-refractivity contribution in [2.75, 3.05) is 30.5 Å².